The Balaban J connectivity index is 3.37. The van der Waals surface area contributed by atoms with Crippen molar-refractivity contribution in [3.63, 3.8) is 0 Å². The highest BCUT2D eigenvalue weighted by molar-refractivity contribution is 4.77. The normalized spacial score (nSPS) is 18.0. The lowest BCUT2D eigenvalue weighted by Gasteiger charge is -2.20. The van der Waals surface area contributed by atoms with Crippen LogP contribution in [0.2, 0.25) is 0 Å². The average Bonchev–Trinajstić information content (AvgIpc) is 1.67. The summed E-state index contributed by atoms with van der Waals surface area (Å²) in [5.74, 6) is 0. The van der Waals surface area contributed by atoms with Crippen molar-refractivity contribution >= 4 is 0 Å². The SMILES string of the molecule is CCC[C@@](C)(N)CN. The Hall–Kier alpha value is -0.0800. The molecule has 2 heteroatoms. The molecular formula is C6H16N2. The van der Waals surface area contributed by atoms with Crippen LogP contribution in [0.25, 0.3) is 0 Å². The molecule has 50 valence electrons. The zero-order chi connectivity index (χ0) is 6.62. The van der Waals surface area contributed by atoms with Crippen molar-refractivity contribution in [3.8, 4) is 0 Å². The zero-order valence-electron chi connectivity index (χ0n) is 5.78. The second kappa shape index (κ2) is 3.05. The van der Waals surface area contributed by atoms with Crippen LogP contribution in [-0.2, 0) is 0 Å². The Labute approximate surface area is 51.2 Å². The molecule has 0 aromatic rings. The molecule has 0 aliphatic carbocycles. The molecule has 0 heterocycles. The first-order valence-electron chi connectivity index (χ1n) is 3.11. The third-order valence-electron chi connectivity index (χ3n) is 1.29. The summed E-state index contributed by atoms with van der Waals surface area (Å²) in [5.41, 5.74) is 10.9. The second-order valence-electron chi connectivity index (χ2n) is 2.61. The molecule has 0 unspecified atom stereocenters. The maximum Gasteiger partial charge on any atom is 0.0249 e. The molecule has 0 aromatic carbocycles. The van der Waals surface area contributed by atoms with Crippen molar-refractivity contribution in [2.24, 2.45) is 11.5 Å². The lowest BCUT2D eigenvalue weighted by atomic mass is 9.98. The Bertz CT molecular complexity index is 59.5. The van der Waals surface area contributed by atoms with Gasteiger partial charge in [-0.15, -0.1) is 0 Å². The van der Waals surface area contributed by atoms with Crippen molar-refractivity contribution in [2.45, 2.75) is 32.2 Å². The van der Waals surface area contributed by atoms with Crippen LogP contribution in [0.4, 0.5) is 0 Å². The Morgan fingerprint density at radius 2 is 2.00 bits per heavy atom. The van der Waals surface area contributed by atoms with Gasteiger partial charge in [0.05, 0.1) is 0 Å². The van der Waals surface area contributed by atoms with Crippen LogP contribution < -0.4 is 11.5 Å². The standard InChI is InChI=1S/C6H16N2/c1-3-4-6(2,8)5-7/h3-5,7-8H2,1-2H3/t6-/m1/s1. The van der Waals surface area contributed by atoms with E-state index in [2.05, 4.69) is 6.92 Å². The molecule has 0 aromatic heterocycles. The smallest absolute Gasteiger partial charge is 0.0249 e. The Kier molecular flexibility index (Phi) is 3.02. The summed E-state index contributed by atoms with van der Waals surface area (Å²) < 4.78 is 0. The molecule has 0 radical (unpaired) electrons. The van der Waals surface area contributed by atoms with Gasteiger partial charge in [0.2, 0.25) is 0 Å². The van der Waals surface area contributed by atoms with Crippen molar-refractivity contribution in [3.05, 3.63) is 0 Å². The fraction of sp³-hybridized carbons (Fsp3) is 1.00. The number of nitrogens with two attached hydrogens (primary N) is 2. The van der Waals surface area contributed by atoms with Crippen LogP contribution in [0.5, 0.6) is 0 Å². The zero-order valence-corrected chi connectivity index (χ0v) is 5.78. The fourth-order valence-electron chi connectivity index (χ4n) is 0.673. The van der Waals surface area contributed by atoms with Gasteiger partial charge < -0.3 is 11.5 Å². The summed E-state index contributed by atoms with van der Waals surface area (Å²) in [7, 11) is 0. The summed E-state index contributed by atoms with van der Waals surface area (Å²) >= 11 is 0. The third kappa shape index (κ3) is 2.99. The van der Waals surface area contributed by atoms with Crippen molar-refractivity contribution in [1.82, 2.24) is 0 Å². The number of hydrogen-bond donors (Lipinski definition) is 2. The van der Waals surface area contributed by atoms with Gasteiger partial charge in [-0.1, -0.05) is 13.3 Å². The maximum absolute atomic E-state index is 5.70. The van der Waals surface area contributed by atoms with E-state index < -0.39 is 0 Å². The molecule has 4 N–H and O–H groups in total. The van der Waals surface area contributed by atoms with E-state index >= 15 is 0 Å². The van der Waals surface area contributed by atoms with Crippen LogP contribution in [0.1, 0.15) is 26.7 Å². The van der Waals surface area contributed by atoms with Gasteiger partial charge in [0, 0.05) is 12.1 Å². The minimum atomic E-state index is -0.130. The van der Waals surface area contributed by atoms with Gasteiger partial charge in [0.1, 0.15) is 0 Å². The lowest BCUT2D eigenvalue weighted by Crippen LogP contribution is -2.43. The van der Waals surface area contributed by atoms with E-state index in [-0.39, 0.29) is 5.54 Å². The second-order valence-corrected chi connectivity index (χ2v) is 2.61. The van der Waals surface area contributed by atoms with Crippen molar-refractivity contribution in [1.29, 1.82) is 0 Å². The molecule has 0 amide bonds. The molecule has 8 heavy (non-hydrogen) atoms. The van der Waals surface area contributed by atoms with Crippen LogP contribution in [0, 0.1) is 0 Å². The van der Waals surface area contributed by atoms with Crippen LogP contribution >= 0.6 is 0 Å². The van der Waals surface area contributed by atoms with E-state index in [0.717, 1.165) is 12.8 Å². The van der Waals surface area contributed by atoms with E-state index in [0.29, 0.717) is 6.54 Å². The maximum atomic E-state index is 5.70. The molecular weight excluding hydrogens is 100 g/mol. The first-order valence-corrected chi connectivity index (χ1v) is 3.11. The largest absolute Gasteiger partial charge is 0.329 e. The molecule has 0 rings (SSSR count). The molecule has 2 nitrogen and oxygen atoms in total. The lowest BCUT2D eigenvalue weighted by molar-refractivity contribution is 0.438. The molecule has 0 bridgehead atoms. The highest BCUT2D eigenvalue weighted by atomic mass is 14.8. The quantitative estimate of drug-likeness (QED) is 0.563. The van der Waals surface area contributed by atoms with Gasteiger partial charge in [-0.25, -0.2) is 0 Å². The van der Waals surface area contributed by atoms with Gasteiger partial charge in [0.15, 0.2) is 0 Å². The summed E-state index contributed by atoms with van der Waals surface area (Å²) in [6.45, 7) is 4.68. The summed E-state index contributed by atoms with van der Waals surface area (Å²) in [6, 6.07) is 0. The van der Waals surface area contributed by atoms with Crippen LogP contribution in [0.15, 0.2) is 0 Å². The monoisotopic (exact) mass is 116 g/mol. The molecule has 0 aliphatic heterocycles. The van der Waals surface area contributed by atoms with Crippen LogP contribution in [0.3, 0.4) is 0 Å². The van der Waals surface area contributed by atoms with E-state index in [4.69, 9.17) is 11.5 Å². The van der Waals surface area contributed by atoms with E-state index in [9.17, 15) is 0 Å². The van der Waals surface area contributed by atoms with Crippen molar-refractivity contribution < 1.29 is 0 Å². The predicted molar refractivity (Wildman–Crippen MR) is 36.6 cm³/mol. The number of rotatable bonds is 3. The van der Waals surface area contributed by atoms with Gasteiger partial charge in [0.25, 0.3) is 0 Å². The minimum Gasteiger partial charge on any atom is -0.329 e. The summed E-state index contributed by atoms with van der Waals surface area (Å²) in [5, 5.41) is 0. The molecule has 0 saturated heterocycles. The van der Waals surface area contributed by atoms with E-state index in [1.165, 1.54) is 0 Å². The molecule has 0 spiro atoms. The molecule has 1 atom stereocenters. The predicted octanol–water partition coefficient (Wildman–Crippen LogP) is 0.463. The first kappa shape index (κ1) is 7.92. The topological polar surface area (TPSA) is 52.0 Å². The molecule has 0 saturated carbocycles. The molecule has 0 aliphatic rings. The van der Waals surface area contributed by atoms with Gasteiger partial charge >= 0.3 is 0 Å². The van der Waals surface area contributed by atoms with Gasteiger partial charge in [-0.3, -0.25) is 0 Å². The van der Waals surface area contributed by atoms with E-state index in [1.54, 1.807) is 0 Å². The fourth-order valence-corrected chi connectivity index (χ4v) is 0.673. The third-order valence-corrected chi connectivity index (χ3v) is 1.29. The van der Waals surface area contributed by atoms with Crippen LogP contribution in [-0.4, -0.2) is 12.1 Å². The minimum absolute atomic E-state index is 0.130. The highest BCUT2D eigenvalue weighted by Gasteiger charge is 2.12. The summed E-state index contributed by atoms with van der Waals surface area (Å²) in [6.07, 6.45) is 2.13. The van der Waals surface area contributed by atoms with Gasteiger partial charge in [-0.05, 0) is 13.3 Å². The van der Waals surface area contributed by atoms with E-state index in [1.807, 2.05) is 6.92 Å². The Morgan fingerprint density at radius 1 is 1.50 bits per heavy atom. The highest BCUT2D eigenvalue weighted by Crippen LogP contribution is 2.04. The first-order chi connectivity index (χ1) is 3.62. The Morgan fingerprint density at radius 3 is 2.12 bits per heavy atom. The van der Waals surface area contributed by atoms with Crippen molar-refractivity contribution in [2.75, 3.05) is 6.54 Å². The average molecular weight is 116 g/mol. The van der Waals surface area contributed by atoms with Gasteiger partial charge in [-0.2, -0.15) is 0 Å². The summed E-state index contributed by atoms with van der Waals surface area (Å²) in [4.78, 5) is 0. The number of hydrogen-bond acceptors (Lipinski definition) is 2. The molecule has 0 fully saturated rings.